The quantitative estimate of drug-likeness (QED) is 0.917. The van der Waals surface area contributed by atoms with Crippen LogP contribution in [0, 0.1) is 5.82 Å². The van der Waals surface area contributed by atoms with Gasteiger partial charge in [0.15, 0.2) is 5.69 Å². The summed E-state index contributed by atoms with van der Waals surface area (Å²) in [6.45, 7) is 3.00. The summed E-state index contributed by atoms with van der Waals surface area (Å²) >= 11 is 0. The van der Waals surface area contributed by atoms with Crippen LogP contribution >= 0.6 is 0 Å². The molecule has 0 unspecified atom stereocenters. The normalized spacial score (nSPS) is 10.2. The van der Waals surface area contributed by atoms with Gasteiger partial charge in [-0.3, -0.25) is 4.79 Å². The minimum absolute atomic E-state index is 0.255. The average Bonchev–Trinajstić information content (AvgIpc) is 2.47. The smallest absolute Gasteiger partial charge is 0.274 e. The summed E-state index contributed by atoms with van der Waals surface area (Å²) in [7, 11) is 1.65. The van der Waals surface area contributed by atoms with Crippen molar-refractivity contribution in [3.63, 3.8) is 0 Å². The molecule has 0 bridgehead atoms. The van der Waals surface area contributed by atoms with Crippen LogP contribution in [0.25, 0.3) is 0 Å². The largest absolute Gasteiger partial charge is 0.369 e. The maximum Gasteiger partial charge on any atom is 0.274 e. The molecular weight excluding hydrogens is 271 g/mol. The van der Waals surface area contributed by atoms with Crippen LogP contribution in [0.4, 0.5) is 10.2 Å². The molecule has 21 heavy (non-hydrogen) atoms. The molecule has 1 aromatic carbocycles. The van der Waals surface area contributed by atoms with E-state index in [2.05, 4.69) is 15.5 Å². The number of amides is 1. The van der Waals surface area contributed by atoms with Crippen molar-refractivity contribution in [2.45, 2.75) is 13.5 Å². The van der Waals surface area contributed by atoms with Gasteiger partial charge >= 0.3 is 0 Å². The number of anilines is 1. The second kappa shape index (κ2) is 6.78. The topological polar surface area (TPSA) is 58.1 Å². The highest BCUT2D eigenvalue weighted by Crippen LogP contribution is 2.09. The predicted molar refractivity (Wildman–Crippen MR) is 78.4 cm³/mol. The van der Waals surface area contributed by atoms with E-state index >= 15 is 0 Å². The first-order chi connectivity index (χ1) is 10.1. The van der Waals surface area contributed by atoms with Crippen LogP contribution in [0.1, 0.15) is 23.0 Å². The van der Waals surface area contributed by atoms with Gasteiger partial charge in [-0.05, 0) is 36.8 Å². The number of halogens is 1. The molecule has 6 heteroatoms. The Kier molecular flexibility index (Phi) is 4.81. The van der Waals surface area contributed by atoms with Gasteiger partial charge in [0.05, 0.1) is 0 Å². The monoisotopic (exact) mass is 288 g/mol. The molecule has 1 heterocycles. The summed E-state index contributed by atoms with van der Waals surface area (Å²) in [5.74, 6) is 0.0553. The van der Waals surface area contributed by atoms with Crippen molar-refractivity contribution < 1.29 is 9.18 Å². The second-order valence-electron chi connectivity index (χ2n) is 4.63. The van der Waals surface area contributed by atoms with Gasteiger partial charge in [-0.1, -0.05) is 12.1 Å². The van der Waals surface area contributed by atoms with E-state index in [0.717, 1.165) is 12.1 Å². The van der Waals surface area contributed by atoms with Gasteiger partial charge in [-0.25, -0.2) is 4.39 Å². The number of carbonyl (C=O) groups excluding carboxylic acids is 1. The van der Waals surface area contributed by atoms with Crippen molar-refractivity contribution >= 4 is 11.7 Å². The SMILES string of the molecule is CCNc1ccc(C(=O)N(C)Cc2cccc(F)c2)nn1. The molecule has 1 aromatic heterocycles. The van der Waals surface area contributed by atoms with Crippen LogP contribution < -0.4 is 5.32 Å². The van der Waals surface area contributed by atoms with E-state index in [4.69, 9.17) is 0 Å². The van der Waals surface area contributed by atoms with Gasteiger partial charge < -0.3 is 10.2 Å². The van der Waals surface area contributed by atoms with Gasteiger partial charge in [0, 0.05) is 20.1 Å². The van der Waals surface area contributed by atoms with Gasteiger partial charge in [-0.2, -0.15) is 0 Å². The Hall–Kier alpha value is -2.50. The maximum absolute atomic E-state index is 13.1. The number of hydrogen-bond donors (Lipinski definition) is 1. The molecule has 2 aromatic rings. The number of rotatable bonds is 5. The Morgan fingerprint density at radius 3 is 2.71 bits per heavy atom. The van der Waals surface area contributed by atoms with Crippen LogP contribution in [0.3, 0.4) is 0 Å². The van der Waals surface area contributed by atoms with E-state index in [-0.39, 0.29) is 17.4 Å². The molecule has 110 valence electrons. The fourth-order valence-electron chi connectivity index (χ4n) is 1.90. The highest BCUT2D eigenvalue weighted by molar-refractivity contribution is 5.92. The van der Waals surface area contributed by atoms with Gasteiger partial charge in [0.25, 0.3) is 5.91 Å². The van der Waals surface area contributed by atoms with E-state index < -0.39 is 0 Å². The zero-order valence-electron chi connectivity index (χ0n) is 12.0. The average molecular weight is 288 g/mol. The lowest BCUT2D eigenvalue weighted by Crippen LogP contribution is -2.27. The lowest BCUT2D eigenvalue weighted by molar-refractivity contribution is 0.0778. The second-order valence-corrected chi connectivity index (χ2v) is 4.63. The highest BCUT2D eigenvalue weighted by atomic mass is 19.1. The predicted octanol–water partition coefficient (Wildman–Crippen LogP) is 2.32. The molecule has 1 amide bonds. The molecule has 5 nitrogen and oxygen atoms in total. The summed E-state index contributed by atoms with van der Waals surface area (Å²) in [5, 5.41) is 10.8. The molecule has 1 N–H and O–H groups in total. The minimum Gasteiger partial charge on any atom is -0.369 e. The molecule has 0 aliphatic carbocycles. The van der Waals surface area contributed by atoms with Crippen molar-refractivity contribution in [1.82, 2.24) is 15.1 Å². The van der Waals surface area contributed by atoms with Crippen LogP contribution in [0.5, 0.6) is 0 Å². The molecule has 0 radical (unpaired) electrons. The summed E-state index contributed by atoms with van der Waals surface area (Å²) in [6.07, 6.45) is 0. The molecule has 0 aliphatic rings. The zero-order valence-corrected chi connectivity index (χ0v) is 12.0. The summed E-state index contributed by atoms with van der Waals surface area (Å²) in [6, 6.07) is 9.50. The summed E-state index contributed by atoms with van der Waals surface area (Å²) < 4.78 is 13.1. The van der Waals surface area contributed by atoms with Crippen LogP contribution in [-0.2, 0) is 6.54 Å². The molecular formula is C15H17FN4O. The molecule has 0 fully saturated rings. The van der Waals surface area contributed by atoms with Crippen LogP contribution in [0.15, 0.2) is 36.4 Å². The van der Waals surface area contributed by atoms with Crippen molar-refractivity contribution in [2.75, 3.05) is 18.9 Å². The fraction of sp³-hybridized carbons (Fsp3) is 0.267. The van der Waals surface area contributed by atoms with Gasteiger partial charge in [0.1, 0.15) is 11.6 Å². The number of benzene rings is 1. The first-order valence-electron chi connectivity index (χ1n) is 6.67. The number of aromatic nitrogens is 2. The Morgan fingerprint density at radius 1 is 1.29 bits per heavy atom. The number of carbonyl (C=O) groups is 1. The first kappa shape index (κ1) is 14.9. The maximum atomic E-state index is 13.1. The van der Waals surface area contributed by atoms with E-state index in [1.807, 2.05) is 6.92 Å². The van der Waals surface area contributed by atoms with Crippen molar-refractivity contribution in [1.29, 1.82) is 0 Å². The molecule has 2 rings (SSSR count). The Bertz CT molecular complexity index is 615. The van der Waals surface area contributed by atoms with Crippen molar-refractivity contribution in [3.8, 4) is 0 Å². The van der Waals surface area contributed by atoms with Gasteiger partial charge in [0.2, 0.25) is 0 Å². The lowest BCUT2D eigenvalue weighted by Gasteiger charge is -2.16. The zero-order chi connectivity index (χ0) is 15.2. The standard InChI is InChI=1S/C15H17FN4O/c1-3-17-14-8-7-13(18-19-14)15(21)20(2)10-11-5-4-6-12(16)9-11/h4-9H,3,10H2,1-2H3,(H,17,19). The summed E-state index contributed by atoms with van der Waals surface area (Å²) in [5.41, 5.74) is 0.985. The Labute approximate surface area is 122 Å². The summed E-state index contributed by atoms with van der Waals surface area (Å²) in [4.78, 5) is 13.7. The van der Waals surface area contributed by atoms with Crippen molar-refractivity contribution in [3.05, 3.63) is 53.5 Å². The van der Waals surface area contributed by atoms with Gasteiger partial charge in [-0.15, -0.1) is 10.2 Å². The molecule has 0 saturated heterocycles. The highest BCUT2D eigenvalue weighted by Gasteiger charge is 2.14. The van der Waals surface area contributed by atoms with E-state index in [1.54, 1.807) is 31.3 Å². The van der Waals surface area contributed by atoms with Crippen molar-refractivity contribution in [2.24, 2.45) is 0 Å². The molecule has 0 atom stereocenters. The Balaban J connectivity index is 2.04. The van der Waals surface area contributed by atoms with Crippen LogP contribution in [0.2, 0.25) is 0 Å². The molecule has 0 aliphatic heterocycles. The number of nitrogens with zero attached hydrogens (tertiary/aromatic N) is 3. The third-order valence-electron chi connectivity index (χ3n) is 2.90. The molecule has 0 saturated carbocycles. The van der Waals surface area contributed by atoms with E-state index in [0.29, 0.717) is 12.4 Å². The number of nitrogens with one attached hydrogen (secondary N) is 1. The number of hydrogen-bond acceptors (Lipinski definition) is 4. The van der Waals surface area contributed by atoms with E-state index in [1.165, 1.54) is 17.0 Å². The fourth-order valence-corrected chi connectivity index (χ4v) is 1.90. The third kappa shape index (κ3) is 3.98. The molecule has 0 spiro atoms. The first-order valence-corrected chi connectivity index (χ1v) is 6.67. The third-order valence-corrected chi connectivity index (χ3v) is 2.90. The Morgan fingerprint density at radius 2 is 2.10 bits per heavy atom. The van der Waals surface area contributed by atoms with E-state index in [9.17, 15) is 9.18 Å². The van der Waals surface area contributed by atoms with Crippen LogP contribution in [-0.4, -0.2) is 34.6 Å². The lowest BCUT2D eigenvalue weighted by atomic mass is 10.2. The minimum atomic E-state index is -0.317.